The van der Waals surface area contributed by atoms with Crippen LogP contribution < -0.4 is 5.32 Å². The van der Waals surface area contributed by atoms with E-state index in [1.807, 2.05) is 18.3 Å². The minimum absolute atomic E-state index is 0. The molecule has 5 nitrogen and oxygen atoms in total. The van der Waals surface area contributed by atoms with Gasteiger partial charge in [-0.3, -0.25) is 9.88 Å². The monoisotopic (exact) mass is 758 g/mol. The molecule has 1 aromatic heterocycles. The molecule has 0 spiro atoms. The second-order valence-corrected chi connectivity index (χ2v) is 9.26. The third kappa shape index (κ3) is 17.1. The van der Waals surface area contributed by atoms with Gasteiger partial charge in [-0.1, -0.05) is 102 Å². The fourth-order valence-corrected chi connectivity index (χ4v) is 3.65. The van der Waals surface area contributed by atoms with Crippen molar-refractivity contribution in [2.24, 2.45) is 0 Å². The second-order valence-electron chi connectivity index (χ2n) is 9.26. The number of nitrogens with zero attached hydrogens (tertiary/aromatic N) is 2. The summed E-state index contributed by atoms with van der Waals surface area (Å²) in [5.74, 6) is -0.555. The van der Waals surface area contributed by atoms with Crippen molar-refractivity contribution < 1.29 is 30.3 Å². The number of aryl methyl sites for hydroxylation is 1. The molecule has 7 heteroatoms. The molecule has 0 saturated heterocycles. The van der Waals surface area contributed by atoms with Gasteiger partial charge in [0.1, 0.15) is 0 Å². The Morgan fingerprint density at radius 3 is 2.29 bits per heavy atom. The molecule has 240 valence electrons. The van der Waals surface area contributed by atoms with Crippen LogP contribution in [0.4, 0.5) is 9.18 Å². The zero-order chi connectivity index (χ0) is 28.5. The van der Waals surface area contributed by atoms with Gasteiger partial charge in [-0.05, 0) is 24.1 Å². The quantitative estimate of drug-likeness (QED) is 0.249. The summed E-state index contributed by atoms with van der Waals surface area (Å²) in [6.45, 7) is 20.6. The van der Waals surface area contributed by atoms with Crippen molar-refractivity contribution in [3.05, 3.63) is 132 Å². The molecule has 2 aromatic rings. The number of fused-ring (bicyclic) bond motifs is 1. The van der Waals surface area contributed by atoms with Gasteiger partial charge in [0.15, 0.2) is 5.83 Å². The zero-order valence-electron chi connectivity index (χ0n) is 26.5. The van der Waals surface area contributed by atoms with E-state index in [1.54, 1.807) is 6.08 Å². The Hall–Kier alpha value is -2.95. The number of amides is 2. The van der Waals surface area contributed by atoms with Crippen LogP contribution in [0.3, 0.4) is 0 Å². The number of benzene rings is 1. The van der Waals surface area contributed by atoms with Crippen molar-refractivity contribution in [3.63, 3.8) is 0 Å². The third-order valence-corrected chi connectivity index (χ3v) is 5.56. The maximum atomic E-state index is 12.9. The van der Waals surface area contributed by atoms with Gasteiger partial charge in [0.25, 0.3) is 0 Å². The van der Waals surface area contributed by atoms with Gasteiger partial charge in [-0.25, -0.2) is 28.3 Å². The molecule has 4 rings (SSSR count). The maximum absolute atomic E-state index is 12.9. The van der Waals surface area contributed by atoms with Crippen LogP contribution in [0.5, 0.6) is 0 Å². The van der Waals surface area contributed by atoms with Crippen LogP contribution in [0.15, 0.2) is 85.6 Å². The fourth-order valence-electron chi connectivity index (χ4n) is 3.65. The molecular formula is C35H52FN4OPt-5. The second kappa shape index (κ2) is 25.7. The van der Waals surface area contributed by atoms with Gasteiger partial charge in [0.2, 0.25) is 0 Å². The normalized spacial score (nSPS) is 13.7. The number of urea groups is 1. The number of carbonyl (C=O) groups is 1. The number of rotatable bonds is 4. The summed E-state index contributed by atoms with van der Waals surface area (Å²) < 4.78 is 12.9. The first-order chi connectivity index (χ1) is 18.1. The molecule has 2 aliphatic rings. The first-order valence-corrected chi connectivity index (χ1v) is 13.1. The van der Waals surface area contributed by atoms with E-state index >= 15 is 0 Å². The van der Waals surface area contributed by atoms with Crippen molar-refractivity contribution in [1.29, 1.82) is 0 Å². The summed E-state index contributed by atoms with van der Waals surface area (Å²) in [7, 11) is 0. The van der Waals surface area contributed by atoms with Crippen LogP contribution in [-0.4, -0.2) is 28.5 Å². The van der Waals surface area contributed by atoms with Gasteiger partial charge in [-0.2, -0.15) is 0 Å². The van der Waals surface area contributed by atoms with Crippen LogP contribution in [0, 0.1) is 36.1 Å². The van der Waals surface area contributed by atoms with E-state index in [9.17, 15) is 9.18 Å². The maximum Gasteiger partial charge on any atom is 0.326 e. The average molecular weight is 759 g/mol. The average Bonchev–Trinajstić information content (AvgIpc) is 2.89. The number of nitrogens with one attached hydrogen (secondary N) is 2. The van der Waals surface area contributed by atoms with Crippen LogP contribution in [0.1, 0.15) is 63.5 Å². The van der Waals surface area contributed by atoms with E-state index in [0.717, 1.165) is 29.5 Å². The Labute approximate surface area is 271 Å². The molecule has 1 saturated carbocycles. The van der Waals surface area contributed by atoms with Gasteiger partial charge < -0.3 is 33.3 Å². The summed E-state index contributed by atoms with van der Waals surface area (Å²) in [5, 5.41) is 3.45. The molecule has 0 atom stereocenters. The van der Waals surface area contributed by atoms with Crippen molar-refractivity contribution in [2.45, 2.75) is 65.3 Å². The van der Waals surface area contributed by atoms with Crippen LogP contribution in [0.25, 0.3) is 22.7 Å². The van der Waals surface area contributed by atoms with E-state index in [-0.39, 0.29) is 61.6 Å². The molecule has 0 unspecified atom stereocenters. The van der Waals surface area contributed by atoms with Crippen LogP contribution in [-0.2, 0) is 21.1 Å². The number of carbonyl (C=O) groups excluding carboxylic acids is 1. The Morgan fingerprint density at radius 1 is 1.19 bits per heavy atom. The van der Waals surface area contributed by atoms with Crippen molar-refractivity contribution in [1.82, 2.24) is 15.2 Å². The van der Waals surface area contributed by atoms with Gasteiger partial charge in [0, 0.05) is 45.4 Å². The Morgan fingerprint density at radius 2 is 1.79 bits per heavy atom. The molecular weight excluding hydrogens is 706 g/mol. The fraction of sp³-hybridized carbons (Fsp3) is 0.314. The van der Waals surface area contributed by atoms with E-state index in [1.165, 1.54) is 42.2 Å². The number of halogens is 1. The number of pyridine rings is 1. The largest absolute Gasteiger partial charge is 0.675 e. The van der Waals surface area contributed by atoms with Gasteiger partial charge in [-0.15, -0.1) is 6.04 Å². The Bertz CT molecular complexity index is 1140. The molecule has 0 radical (unpaired) electrons. The van der Waals surface area contributed by atoms with Crippen molar-refractivity contribution >= 4 is 23.0 Å². The summed E-state index contributed by atoms with van der Waals surface area (Å²) in [6, 6.07) is 8.11. The Balaban J connectivity index is -0.000000246. The molecule has 0 bridgehead atoms. The number of hydrogen-bond acceptors (Lipinski definition) is 2. The Kier molecular flexibility index (Phi) is 28.2. The molecule has 2 N–H and O–H groups in total. The summed E-state index contributed by atoms with van der Waals surface area (Å²) in [4.78, 5) is 16.7. The molecule has 42 heavy (non-hydrogen) atoms. The topological polar surface area (TPSA) is 69.0 Å². The summed E-state index contributed by atoms with van der Waals surface area (Å²) in [6.07, 6.45) is 16.2. The van der Waals surface area contributed by atoms with Crippen LogP contribution >= 0.6 is 0 Å². The molecule has 2 heterocycles. The molecule has 2 amide bonds. The summed E-state index contributed by atoms with van der Waals surface area (Å²) >= 11 is 0. The number of aromatic nitrogens is 1. The van der Waals surface area contributed by atoms with Gasteiger partial charge >= 0.3 is 6.03 Å². The molecule has 1 aliphatic heterocycles. The first-order valence-electron chi connectivity index (χ1n) is 13.1. The van der Waals surface area contributed by atoms with Crippen LogP contribution in [0.2, 0.25) is 0 Å². The SMILES string of the molecule is C=C([CH2-])CN1C=C(F)C(=C)NC1=O.C=C/C=C\c1ccc2cccnc2c1C.CCC.[CH3-].[CH3-].[CH3-].[NH-]C1CCCCC1.[Pt]. The smallest absolute Gasteiger partial charge is 0.326 e. The molecule has 1 aliphatic carbocycles. The van der Waals surface area contributed by atoms with E-state index in [0.29, 0.717) is 5.57 Å². The van der Waals surface area contributed by atoms with Crippen molar-refractivity contribution in [3.8, 4) is 0 Å². The standard InChI is InChI=1S/C14H13N.C9H10FN2O.C6H12N.C3H8.3CH3.Pt/c1-3-4-6-12-8-9-13-7-5-10-15-14(13)11(12)2;1-6(2)4-12-5-8(10)7(3)11-9(12)13;7-6-4-2-1-3-5-6;1-3-2;;;;/h3-10H,1H2,2H3;5H,1-4H2,(H,11,13);6-7H,1-5H2;3H2,1-2H3;3*1H3;/q;2*-1;;3*-1;/b6-4-;;;;;;;. The minimum atomic E-state index is -0.555. The third-order valence-electron chi connectivity index (χ3n) is 5.56. The van der Waals surface area contributed by atoms with E-state index in [2.05, 4.69) is 82.0 Å². The first kappa shape index (κ1) is 46.0. The molecule has 1 fully saturated rings. The van der Waals surface area contributed by atoms with Crippen molar-refractivity contribution in [2.75, 3.05) is 6.54 Å². The predicted octanol–water partition coefficient (Wildman–Crippen LogP) is 10.6. The number of hydrogen-bond donors (Lipinski definition) is 1. The van der Waals surface area contributed by atoms with Gasteiger partial charge in [0.05, 0.1) is 11.2 Å². The van der Waals surface area contributed by atoms with E-state index in [4.69, 9.17) is 5.73 Å². The minimum Gasteiger partial charge on any atom is -0.675 e. The zero-order valence-corrected chi connectivity index (χ0v) is 28.8. The predicted molar refractivity (Wildman–Crippen MR) is 180 cm³/mol. The van der Waals surface area contributed by atoms with E-state index < -0.39 is 11.9 Å². The number of allylic oxidation sites excluding steroid dienone is 3. The summed E-state index contributed by atoms with van der Waals surface area (Å²) in [5.41, 5.74) is 11.3. The molecule has 1 aromatic carbocycles.